The minimum absolute atomic E-state index is 0.0319. The number of benzene rings is 2. The van der Waals surface area contributed by atoms with E-state index in [4.69, 9.17) is 16.1 Å². The van der Waals surface area contributed by atoms with Gasteiger partial charge < -0.3 is 14.7 Å². The van der Waals surface area contributed by atoms with E-state index in [0.717, 1.165) is 11.1 Å². The van der Waals surface area contributed by atoms with Gasteiger partial charge in [0.05, 0.1) is 11.5 Å². The van der Waals surface area contributed by atoms with Crippen molar-refractivity contribution in [3.63, 3.8) is 0 Å². The van der Waals surface area contributed by atoms with Crippen molar-refractivity contribution in [2.75, 3.05) is 28.3 Å². The Balaban J connectivity index is 1.51. The number of hydrogen-bond donors (Lipinski definition) is 1. The van der Waals surface area contributed by atoms with Crippen molar-refractivity contribution in [2.24, 2.45) is 5.92 Å². The number of hydrogen-bond acceptors (Lipinski definition) is 7. The Bertz CT molecular complexity index is 1280. The molecule has 2 aromatic carbocycles. The molecule has 3 aromatic rings. The van der Waals surface area contributed by atoms with Gasteiger partial charge in [-0.15, -0.1) is 0 Å². The number of carbonyl (C=O) groups excluding carboxylic acids is 2. The van der Waals surface area contributed by atoms with Crippen LogP contribution in [0.5, 0.6) is 0 Å². The number of rotatable bonds is 6. The van der Waals surface area contributed by atoms with Crippen LogP contribution in [0.15, 0.2) is 53.4 Å². The molecule has 1 saturated heterocycles. The van der Waals surface area contributed by atoms with Gasteiger partial charge in [0, 0.05) is 27.9 Å². The zero-order valence-electron chi connectivity index (χ0n) is 18.4. The van der Waals surface area contributed by atoms with Gasteiger partial charge in [-0.25, -0.2) is 8.42 Å². The molecule has 34 heavy (non-hydrogen) atoms. The summed E-state index contributed by atoms with van der Waals surface area (Å²) in [6, 6.07) is 12.0. The average Bonchev–Trinajstić information content (AvgIpc) is 3.34. The largest absolute Gasteiger partial charge is 0.342 e. The van der Waals surface area contributed by atoms with Crippen molar-refractivity contribution in [1.82, 2.24) is 10.1 Å². The van der Waals surface area contributed by atoms with Crippen LogP contribution in [0.3, 0.4) is 0 Å². The number of carbonyl (C=O) groups is 2. The van der Waals surface area contributed by atoms with Gasteiger partial charge in [0.15, 0.2) is 0 Å². The third-order valence-electron chi connectivity index (χ3n) is 5.71. The lowest BCUT2D eigenvalue weighted by Crippen LogP contribution is -2.43. The van der Waals surface area contributed by atoms with E-state index in [2.05, 4.69) is 15.5 Å². The van der Waals surface area contributed by atoms with Crippen LogP contribution in [0.2, 0.25) is 5.02 Å². The number of anilines is 2. The highest BCUT2D eigenvalue weighted by Crippen LogP contribution is 2.27. The number of halogens is 1. The SMILES string of the molecule is Cc1cc(N(CC(=O)Nc2ccc(-c3ncon3)cc2)C(=O)C2CCS(=O)(=O)CC2)ccc1Cl. The molecule has 4 rings (SSSR count). The molecule has 0 bridgehead atoms. The Morgan fingerprint density at radius 1 is 1.15 bits per heavy atom. The number of nitrogens with zero attached hydrogens (tertiary/aromatic N) is 3. The predicted molar refractivity (Wildman–Crippen MR) is 128 cm³/mol. The van der Waals surface area contributed by atoms with Crippen molar-refractivity contribution in [3.8, 4) is 11.4 Å². The number of amides is 2. The summed E-state index contributed by atoms with van der Waals surface area (Å²) in [5, 5.41) is 7.11. The van der Waals surface area contributed by atoms with E-state index < -0.39 is 21.7 Å². The Kier molecular flexibility index (Phi) is 6.99. The zero-order valence-corrected chi connectivity index (χ0v) is 20.0. The number of sulfone groups is 1. The summed E-state index contributed by atoms with van der Waals surface area (Å²) in [6.07, 6.45) is 1.71. The normalized spacial score (nSPS) is 15.6. The second kappa shape index (κ2) is 9.94. The van der Waals surface area contributed by atoms with Crippen LogP contribution >= 0.6 is 11.6 Å². The number of aromatic nitrogens is 2. The molecule has 0 saturated carbocycles. The molecule has 1 fully saturated rings. The smallest absolute Gasteiger partial charge is 0.244 e. The molecule has 0 spiro atoms. The van der Waals surface area contributed by atoms with E-state index in [1.54, 1.807) is 42.5 Å². The monoisotopic (exact) mass is 502 g/mol. The summed E-state index contributed by atoms with van der Waals surface area (Å²) in [5.74, 6) is -0.772. The fourth-order valence-electron chi connectivity index (χ4n) is 3.80. The van der Waals surface area contributed by atoms with Gasteiger partial charge in [-0.3, -0.25) is 9.59 Å². The predicted octanol–water partition coefficient (Wildman–Crippen LogP) is 3.49. The number of nitrogens with one attached hydrogen (secondary N) is 1. The molecule has 1 aromatic heterocycles. The molecule has 0 radical (unpaired) electrons. The topological polar surface area (TPSA) is 122 Å². The van der Waals surface area contributed by atoms with Crippen LogP contribution < -0.4 is 10.2 Å². The molecule has 1 N–H and O–H groups in total. The summed E-state index contributed by atoms with van der Waals surface area (Å²) in [5.41, 5.74) is 2.57. The van der Waals surface area contributed by atoms with Crippen LogP contribution in [-0.2, 0) is 19.4 Å². The van der Waals surface area contributed by atoms with Crippen molar-refractivity contribution < 1.29 is 22.5 Å². The third-order valence-corrected chi connectivity index (χ3v) is 7.85. The van der Waals surface area contributed by atoms with Crippen LogP contribution in [0.25, 0.3) is 11.4 Å². The first-order valence-electron chi connectivity index (χ1n) is 10.7. The summed E-state index contributed by atoms with van der Waals surface area (Å²) < 4.78 is 28.3. The molecule has 11 heteroatoms. The van der Waals surface area contributed by atoms with E-state index >= 15 is 0 Å². The lowest BCUT2D eigenvalue weighted by molar-refractivity contribution is -0.124. The zero-order chi connectivity index (χ0) is 24.3. The van der Waals surface area contributed by atoms with Crippen molar-refractivity contribution >= 4 is 44.6 Å². The molecule has 1 aliphatic heterocycles. The Hall–Kier alpha value is -3.24. The van der Waals surface area contributed by atoms with E-state index in [0.29, 0.717) is 22.2 Å². The van der Waals surface area contributed by atoms with Crippen molar-refractivity contribution in [1.29, 1.82) is 0 Å². The van der Waals surface area contributed by atoms with Crippen molar-refractivity contribution in [2.45, 2.75) is 19.8 Å². The molecular weight excluding hydrogens is 480 g/mol. The van der Waals surface area contributed by atoms with Crippen LogP contribution in [0.4, 0.5) is 11.4 Å². The van der Waals surface area contributed by atoms with E-state index in [-0.39, 0.29) is 36.8 Å². The van der Waals surface area contributed by atoms with Gasteiger partial charge in [-0.2, -0.15) is 4.98 Å². The summed E-state index contributed by atoms with van der Waals surface area (Å²) in [6.45, 7) is 1.59. The quantitative estimate of drug-likeness (QED) is 0.547. The second-order valence-electron chi connectivity index (χ2n) is 8.16. The molecule has 0 aliphatic carbocycles. The minimum Gasteiger partial charge on any atom is -0.342 e. The maximum atomic E-state index is 13.4. The highest BCUT2D eigenvalue weighted by molar-refractivity contribution is 7.91. The van der Waals surface area contributed by atoms with Gasteiger partial charge in [-0.05, 0) is 67.8 Å². The van der Waals surface area contributed by atoms with E-state index in [1.807, 2.05) is 6.92 Å². The molecule has 0 atom stereocenters. The Labute approximate surface area is 202 Å². The molecular formula is C23H23ClN4O5S. The lowest BCUT2D eigenvalue weighted by atomic mass is 10.0. The van der Waals surface area contributed by atoms with Gasteiger partial charge >= 0.3 is 0 Å². The highest BCUT2D eigenvalue weighted by Gasteiger charge is 2.33. The molecule has 1 aliphatic rings. The van der Waals surface area contributed by atoms with Gasteiger partial charge in [0.25, 0.3) is 0 Å². The first-order valence-corrected chi connectivity index (χ1v) is 12.9. The summed E-state index contributed by atoms with van der Waals surface area (Å²) in [4.78, 5) is 31.6. The fraction of sp³-hybridized carbons (Fsp3) is 0.304. The first kappa shape index (κ1) is 23.9. The number of aryl methyl sites for hydroxylation is 1. The molecule has 0 unspecified atom stereocenters. The third kappa shape index (κ3) is 5.63. The highest BCUT2D eigenvalue weighted by atomic mass is 35.5. The fourth-order valence-corrected chi connectivity index (χ4v) is 5.40. The Morgan fingerprint density at radius 3 is 2.47 bits per heavy atom. The maximum Gasteiger partial charge on any atom is 0.244 e. The lowest BCUT2D eigenvalue weighted by Gasteiger charge is -2.29. The van der Waals surface area contributed by atoms with Crippen LogP contribution in [-0.4, -0.2) is 48.4 Å². The van der Waals surface area contributed by atoms with Crippen molar-refractivity contribution in [3.05, 3.63) is 59.4 Å². The van der Waals surface area contributed by atoms with Gasteiger partial charge in [-0.1, -0.05) is 16.8 Å². The Morgan fingerprint density at radius 2 is 1.85 bits per heavy atom. The van der Waals surface area contributed by atoms with Crippen LogP contribution in [0.1, 0.15) is 18.4 Å². The standard InChI is InChI=1S/C23H23ClN4O5S/c1-15-12-19(6-7-20(15)24)28(23(30)17-8-10-34(31,32)11-9-17)13-21(29)26-18-4-2-16(3-5-18)22-25-14-33-27-22/h2-7,12,14,17H,8-11,13H2,1H3,(H,26,29). The van der Waals surface area contributed by atoms with Crippen LogP contribution in [0, 0.1) is 12.8 Å². The molecule has 9 nitrogen and oxygen atoms in total. The minimum atomic E-state index is -3.12. The average molecular weight is 503 g/mol. The maximum absolute atomic E-state index is 13.4. The van der Waals surface area contributed by atoms with Gasteiger partial charge in [0.1, 0.15) is 16.4 Å². The van der Waals surface area contributed by atoms with Gasteiger partial charge in [0.2, 0.25) is 24.0 Å². The summed E-state index contributed by atoms with van der Waals surface area (Å²) in [7, 11) is -3.12. The second-order valence-corrected chi connectivity index (χ2v) is 10.9. The first-order chi connectivity index (χ1) is 16.2. The molecule has 2 heterocycles. The summed E-state index contributed by atoms with van der Waals surface area (Å²) >= 11 is 6.14. The molecule has 178 valence electrons. The van der Waals surface area contributed by atoms with E-state index in [9.17, 15) is 18.0 Å². The van der Waals surface area contributed by atoms with E-state index in [1.165, 1.54) is 11.3 Å². The molecule has 2 amide bonds.